The van der Waals surface area contributed by atoms with Crippen LogP contribution < -0.4 is 10.2 Å². The monoisotopic (exact) mass is 324 g/mol. The fourth-order valence-corrected chi connectivity index (χ4v) is 2.72. The molecule has 0 spiro atoms. The van der Waals surface area contributed by atoms with Crippen LogP contribution in [0.4, 0.5) is 11.5 Å². The van der Waals surface area contributed by atoms with Crippen molar-refractivity contribution in [1.29, 1.82) is 0 Å². The number of nitrogens with one attached hydrogen (secondary N) is 1. The zero-order valence-corrected chi connectivity index (χ0v) is 13.6. The van der Waals surface area contributed by atoms with E-state index in [1.54, 1.807) is 17.2 Å². The first-order valence-corrected chi connectivity index (χ1v) is 7.96. The van der Waals surface area contributed by atoms with E-state index in [4.69, 9.17) is 0 Å². The third-order valence-electron chi connectivity index (χ3n) is 4.04. The lowest BCUT2D eigenvalue weighted by Gasteiger charge is -2.35. The van der Waals surface area contributed by atoms with Crippen molar-refractivity contribution in [2.45, 2.75) is 6.92 Å². The van der Waals surface area contributed by atoms with Crippen LogP contribution in [0.5, 0.6) is 0 Å². The zero-order chi connectivity index (χ0) is 16.9. The first-order valence-electron chi connectivity index (χ1n) is 7.96. The van der Waals surface area contributed by atoms with E-state index in [-0.39, 0.29) is 0 Å². The van der Waals surface area contributed by atoms with Crippen LogP contribution in [-0.2, 0) is 9.59 Å². The predicted octanol–water partition coefficient (Wildman–Crippen LogP) is 1.68. The Labute approximate surface area is 141 Å². The molecule has 2 amide bonds. The van der Waals surface area contributed by atoms with E-state index < -0.39 is 11.8 Å². The Morgan fingerprint density at radius 1 is 1.04 bits per heavy atom. The van der Waals surface area contributed by atoms with Gasteiger partial charge in [-0.05, 0) is 36.8 Å². The van der Waals surface area contributed by atoms with Gasteiger partial charge in [-0.15, -0.1) is 0 Å². The van der Waals surface area contributed by atoms with E-state index >= 15 is 0 Å². The molecule has 1 aromatic carbocycles. The largest absolute Gasteiger partial charge is 0.368 e. The molecule has 124 valence electrons. The van der Waals surface area contributed by atoms with Crippen LogP contribution in [0, 0.1) is 6.92 Å². The minimum absolute atomic E-state index is 0.399. The summed E-state index contributed by atoms with van der Waals surface area (Å²) in [6, 6.07) is 13.6. The van der Waals surface area contributed by atoms with Crippen molar-refractivity contribution in [3.05, 3.63) is 54.2 Å². The van der Waals surface area contributed by atoms with E-state index in [0.29, 0.717) is 32.0 Å². The van der Waals surface area contributed by atoms with Crippen LogP contribution >= 0.6 is 0 Å². The molecule has 0 unspecified atom stereocenters. The number of rotatable bonds is 2. The van der Waals surface area contributed by atoms with Gasteiger partial charge >= 0.3 is 11.8 Å². The van der Waals surface area contributed by atoms with Crippen LogP contribution in [0.1, 0.15) is 5.56 Å². The Morgan fingerprint density at radius 3 is 2.42 bits per heavy atom. The SMILES string of the molecule is Cc1ccnc(NC(=O)C(=O)N2CCN(c3ccccc3)CC2)c1. The second kappa shape index (κ2) is 7.12. The average Bonchev–Trinajstić information content (AvgIpc) is 2.62. The number of benzene rings is 1. The van der Waals surface area contributed by atoms with Gasteiger partial charge in [-0.1, -0.05) is 18.2 Å². The third kappa shape index (κ3) is 3.71. The molecule has 0 atom stereocenters. The maximum atomic E-state index is 12.3. The van der Waals surface area contributed by atoms with Gasteiger partial charge in [0.25, 0.3) is 0 Å². The summed E-state index contributed by atoms with van der Waals surface area (Å²) in [5.41, 5.74) is 2.11. The quantitative estimate of drug-likeness (QED) is 0.854. The summed E-state index contributed by atoms with van der Waals surface area (Å²) in [7, 11) is 0. The molecule has 6 nitrogen and oxygen atoms in total. The molecule has 1 saturated heterocycles. The second-order valence-corrected chi connectivity index (χ2v) is 5.79. The molecule has 0 saturated carbocycles. The molecular formula is C18H20N4O2. The van der Waals surface area contributed by atoms with Gasteiger partial charge in [-0.3, -0.25) is 9.59 Å². The first-order chi connectivity index (χ1) is 11.6. The Bertz CT molecular complexity index is 725. The van der Waals surface area contributed by atoms with E-state index in [1.165, 1.54) is 0 Å². The minimum atomic E-state index is -0.638. The standard InChI is InChI=1S/C18H20N4O2/c1-14-7-8-19-16(13-14)20-17(23)18(24)22-11-9-21(10-12-22)15-5-3-2-4-6-15/h2-8,13H,9-12H2,1H3,(H,19,20,23). The number of carbonyl (C=O) groups is 2. The molecule has 0 radical (unpaired) electrons. The number of nitrogens with zero attached hydrogens (tertiary/aromatic N) is 3. The lowest BCUT2D eigenvalue weighted by molar-refractivity contribution is -0.143. The minimum Gasteiger partial charge on any atom is -0.368 e. The molecule has 2 heterocycles. The summed E-state index contributed by atoms with van der Waals surface area (Å²) in [6.07, 6.45) is 1.61. The highest BCUT2D eigenvalue weighted by atomic mass is 16.2. The van der Waals surface area contributed by atoms with Gasteiger partial charge in [0.05, 0.1) is 0 Å². The van der Waals surface area contributed by atoms with Gasteiger partial charge in [0.1, 0.15) is 5.82 Å². The normalized spacial score (nSPS) is 14.4. The van der Waals surface area contributed by atoms with Crippen LogP contribution in [0.3, 0.4) is 0 Å². The molecule has 6 heteroatoms. The topological polar surface area (TPSA) is 65.5 Å². The fourth-order valence-electron chi connectivity index (χ4n) is 2.72. The van der Waals surface area contributed by atoms with Crippen molar-refractivity contribution in [2.24, 2.45) is 0 Å². The second-order valence-electron chi connectivity index (χ2n) is 5.79. The number of para-hydroxylation sites is 1. The number of aryl methyl sites for hydroxylation is 1. The molecule has 1 aromatic heterocycles. The fraction of sp³-hybridized carbons (Fsp3) is 0.278. The Hall–Kier alpha value is -2.89. The third-order valence-corrected chi connectivity index (χ3v) is 4.04. The van der Waals surface area contributed by atoms with Gasteiger partial charge in [0.15, 0.2) is 0 Å². The van der Waals surface area contributed by atoms with E-state index in [1.807, 2.05) is 43.3 Å². The highest BCUT2D eigenvalue weighted by molar-refractivity contribution is 6.39. The van der Waals surface area contributed by atoms with Crippen LogP contribution in [0.25, 0.3) is 0 Å². The van der Waals surface area contributed by atoms with Crippen molar-refractivity contribution in [1.82, 2.24) is 9.88 Å². The van der Waals surface area contributed by atoms with E-state index in [9.17, 15) is 9.59 Å². The number of anilines is 2. The van der Waals surface area contributed by atoms with Crippen LogP contribution in [0.2, 0.25) is 0 Å². The molecule has 1 N–H and O–H groups in total. The predicted molar refractivity (Wildman–Crippen MR) is 92.8 cm³/mol. The van der Waals surface area contributed by atoms with Crippen molar-refractivity contribution < 1.29 is 9.59 Å². The highest BCUT2D eigenvalue weighted by Crippen LogP contribution is 2.15. The number of carbonyl (C=O) groups excluding carboxylic acids is 2. The smallest absolute Gasteiger partial charge is 0.315 e. The molecule has 2 aromatic rings. The maximum absolute atomic E-state index is 12.3. The van der Waals surface area contributed by atoms with Crippen LogP contribution in [0.15, 0.2) is 48.7 Å². The Balaban J connectivity index is 1.56. The summed E-state index contributed by atoms with van der Waals surface area (Å²) in [5.74, 6) is -0.747. The van der Waals surface area contributed by atoms with Gasteiger partial charge in [-0.2, -0.15) is 0 Å². The summed E-state index contributed by atoms with van der Waals surface area (Å²) >= 11 is 0. The maximum Gasteiger partial charge on any atom is 0.315 e. The van der Waals surface area contributed by atoms with Crippen molar-refractivity contribution in [3.63, 3.8) is 0 Å². The molecule has 1 fully saturated rings. The van der Waals surface area contributed by atoms with Crippen molar-refractivity contribution >= 4 is 23.3 Å². The van der Waals surface area contributed by atoms with E-state index in [2.05, 4.69) is 15.2 Å². The summed E-state index contributed by atoms with van der Waals surface area (Å²) in [5, 5.41) is 2.57. The summed E-state index contributed by atoms with van der Waals surface area (Å²) < 4.78 is 0. The first kappa shape index (κ1) is 16.0. The molecule has 1 aliphatic rings. The molecular weight excluding hydrogens is 304 g/mol. The van der Waals surface area contributed by atoms with Gasteiger partial charge in [-0.25, -0.2) is 4.98 Å². The lowest BCUT2D eigenvalue weighted by atomic mass is 10.2. The Kier molecular flexibility index (Phi) is 4.74. The van der Waals surface area contributed by atoms with Gasteiger partial charge in [0.2, 0.25) is 0 Å². The van der Waals surface area contributed by atoms with E-state index in [0.717, 1.165) is 11.3 Å². The van der Waals surface area contributed by atoms with Crippen LogP contribution in [-0.4, -0.2) is 47.9 Å². The zero-order valence-electron chi connectivity index (χ0n) is 13.6. The molecule has 0 aliphatic carbocycles. The van der Waals surface area contributed by atoms with Gasteiger partial charge in [0, 0.05) is 38.1 Å². The van der Waals surface area contributed by atoms with Gasteiger partial charge < -0.3 is 15.1 Å². The highest BCUT2D eigenvalue weighted by Gasteiger charge is 2.26. The molecule has 1 aliphatic heterocycles. The summed E-state index contributed by atoms with van der Waals surface area (Å²) in [4.78, 5) is 32.3. The molecule has 3 rings (SSSR count). The number of piperazine rings is 1. The number of hydrogen-bond donors (Lipinski definition) is 1. The molecule has 0 bridgehead atoms. The number of pyridine rings is 1. The number of amides is 2. The Morgan fingerprint density at radius 2 is 1.75 bits per heavy atom. The summed E-state index contributed by atoms with van der Waals surface area (Å²) in [6.45, 7) is 4.39. The molecule has 24 heavy (non-hydrogen) atoms. The number of hydrogen-bond acceptors (Lipinski definition) is 4. The van der Waals surface area contributed by atoms with Crippen molar-refractivity contribution in [2.75, 3.05) is 36.4 Å². The number of aromatic nitrogens is 1. The lowest BCUT2D eigenvalue weighted by Crippen LogP contribution is -2.51. The average molecular weight is 324 g/mol. The van der Waals surface area contributed by atoms with Crippen molar-refractivity contribution in [3.8, 4) is 0 Å².